The maximum atomic E-state index is 5.51. The van der Waals surface area contributed by atoms with E-state index < -0.39 is 0 Å². The van der Waals surface area contributed by atoms with Gasteiger partial charge in [0, 0.05) is 58.5 Å². The Morgan fingerprint density at radius 2 is 1.89 bits per heavy atom. The van der Waals surface area contributed by atoms with Gasteiger partial charge >= 0.3 is 0 Å². The molecule has 0 spiro atoms. The topological polar surface area (TPSA) is 52.1 Å². The van der Waals surface area contributed by atoms with Gasteiger partial charge in [-0.15, -0.1) is 24.0 Å². The largest absolute Gasteiger partial charge is 0.381 e. The highest BCUT2D eigenvalue weighted by molar-refractivity contribution is 14.0. The zero-order chi connectivity index (χ0) is 18.2. The molecule has 0 radical (unpaired) electrons. The number of likely N-dealkylation sites (N-methyl/N-ethyl adjacent to an activating group) is 1. The van der Waals surface area contributed by atoms with E-state index in [4.69, 9.17) is 4.74 Å². The smallest absolute Gasteiger partial charge is 0.191 e. The Balaban J connectivity index is 0.00000261. The average molecular weight is 493 g/mol. The number of nitrogens with zero attached hydrogens (tertiary/aromatic N) is 3. The van der Waals surface area contributed by atoms with E-state index in [1.165, 1.54) is 64.6 Å². The first kappa shape index (κ1) is 23.2. The van der Waals surface area contributed by atoms with Crippen molar-refractivity contribution in [2.24, 2.45) is 10.9 Å². The molecule has 2 saturated heterocycles. The summed E-state index contributed by atoms with van der Waals surface area (Å²) >= 11 is 0. The second kappa shape index (κ2) is 12.4. The van der Waals surface area contributed by atoms with E-state index in [0.717, 1.165) is 44.2 Å². The molecule has 7 heteroatoms. The highest BCUT2D eigenvalue weighted by Crippen LogP contribution is 2.22. The molecule has 2 aliphatic heterocycles. The molecular weight excluding hydrogens is 453 g/mol. The Bertz CT molecular complexity index is 430. The van der Waals surface area contributed by atoms with E-state index in [-0.39, 0.29) is 24.0 Å². The van der Waals surface area contributed by atoms with Crippen LogP contribution in [-0.4, -0.2) is 87.9 Å². The summed E-state index contributed by atoms with van der Waals surface area (Å²) in [4.78, 5) is 9.55. The molecule has 6 nitrogen and oxygen atoms in total. The highest BCUT2D eigenvalue weighted by atomic mass is 127. The third-order valence-corrected chi connectivity index (χ3v) is 6.40. The van der Waals surface area contributed by atoms with Gasteiger partial charge in [-0.2, -0.15) is 0 Å². The molecule has 0 aromatic carbocycles. The number of aliphatic imine (C=N–C) groups is 1. The molecule has 3 fully saturated rings. The minimum absolute atomic E-state index is 0. The number of hydrogen-bond donors (Lipinski definition) is 2. The molecule has 2 N–H and O–H groups in total. The Morgan fingerprint density at radius 1 is 1.15 bits per heavy atom. The molecule has 1 saturated carbocycles. The van der Waals surface area contributed by atoms with Crippen molar-refractivity contribution >= 4 is 29.9 Å². The summed E-state index contributed by atoms with van der Waals surface area (Å²) in [6.45, 7) is 7.57. The van der Waals surface area contributed by atoms with Crippen LogP contribution in [0.3, 0.4) is 0 Å². The molecule has 0 aromatic heterocycles. The summed E-state index contributed by atoms with van der Waals surface area (Å²) in [6.07, 6.45) is 9.19. The molecular formula is C20H40IN5O. The number of guanidine groups is 1. The van der Waals surface area contributed by atoms with Crippen molar-refractivity contribution in [3.8, 4) is 0 Å². The molecule has 0 aromatic rings. The first-order chi connectivity index (χ1) is 12.7. The van der Waals surface area contributed by atoms with Crippen LogP contribution in [0.5, 0.6) is 0 Å². The van der Waals surface area contributed by atoms with Crippen LogP contribution in [0.1, 0.15) is 44.9 Å². The van der Waals surface area contributed by atoms with E-state index in [1.807, 2.05) is 7.05 Å². The summed E-state index contributed by atoms with van der Waals surface area (Å²) in [5, 5.41) is 7.14. The van der Waals surface area contributed by atoms with Crippen LogP contribution in [0.15, 0.2) is 4.99 Å². The van der Waals surface area contributed by atoms with Crippen molar-refractivity contribution < 1.29 is 4.74 Å². The van der Waals surface area contributed by atoms with Crippen LogP contribution in [0.25, 0.3) is 0 Å². The second-order valence-corrected chi connectivity index (χ2v) is 8.37. The van der Waals surface area contributed by atoms with Gasteiger partial charge in [0.1, 0.15) is 0 Å². The average Bonchev–Trinajstić information content (AvgIpc) is 3.36. The van der Waals surface area contributed by atoms with E-state index in [1.54, 1.807) is 0 Å². The van der Waals surface area contributed by atoms with Gasteiger partial charge in [-0.1, -0.05) is 12.8 Å². The van der Waals surface area contributed by atoms with Crippen LogP contribution in [-0.2, 0) is 4.74 Å². The Morgan fingerprint density at radius 3 is 2.52 bits per heavy atom. The monoisotopic (exact) mass is 493 g/mol. The third kappa shape index (κ3) is 7.66. The molecule has 0 bridgehead atoms. The number of likely N-dealkylation sites (tertiary alicyclic amines) is 1. The van der Waals surface area contributed by atoms with Crippen LogP contribution in [0.4, 0.5) is 0 Å². The van der Waals surface area contributed by atoms with E-state index >= 15 is 0 Å². The molecule has 0 amide bonds. The molecule has 2 heterocycles. The van der Waals surface area contributed by atoms with Crippen molar-refractivity contribution in [2.75, 3.05) is 60.0 Å². The van der Waals surface area contributed by atoms with E-state index in [2.05, 4.69) is 32.5 Å². The molecule has 27 heavy (non-hydrogen) atoms. The number of nitrogens with one attached hydrogen (secondary N) is 2. The maximum absolute atomic E-state index is 5.51. The van der Waals surface area contributed by atoms with Gasteiger partial charge in [0.05, 0.1) is 6.61 Å². The fourth-order valence-corrected chi connectivity index (χ4v) is 4.62. The summed E-state index contributed by atoms with van der Waals surface area (Å²) in [5.74, 6) is 1.72. The molecule has 3 aliphatic rings. The quantitative estimate of drug-likeness (QED) is 0.324. The lowest BCUT2D eigenvalue weighted by Gasteiger charge is -2.34. The van der Waals surface area contributed by atoms with Crippen molar-refractivity contribution in [3.63, 3.8) is 0 Å². The van der Waals surface area contributed by atoms with E-state index in [9.17, 15) is 0 Å². The maximum Gasteiger partial charge on any atom is 0.191 e. The third-order valence-electron chi connectivity index (χ3n) is 6.40. The number of piperidine rings is 1. The predicted molar refractivity (Wildman–Crippen MR) is 123 cm³/mol. The minimum atomic E-state index is 0. The molecule has 1 aliphatic carbocycles. The van der Waals surface area contributed by atoms with Gasteiger partial charge in [0.15, 0.2) is 5.96 Å². The molecule has 3 rings (SSSR count). The van der Waals surface area contributed by atoms with Crippen molar-refractivity contribution in [2.45, 2.75) is 57.0 Å². The summed E-state index contributed by atoms with van der Waals surface area (Å²) in [5.41, 5.74) is 0. The number of halogens is 1. The fraction of sp³-hybridized carbons (Fsp3) is 0.950. The fourth-order valence-electron chi connectivity index (χ4n) is 4.62. The Hall–Kier alpha value is -0.120. The van der Waals surface area contributed by atoms with Crippen LogP contribution >= 0.6 is 24.0 Å². The zero-order valence-electron chi connectivity index (χ0n) is 17.3. The van der Waals surface area contributed by atoms with Gasteiger partial charge in [-0.25, -0.2) is 0 Å². The standard InChI is InChI=1S/C20H39N5O.HI/c1-21-20(22-10-13-24(2)19-5-3-4-6-19)23-18-7-11-25(12-8-18)15-17-9-14-26-16-17;/h17-19H,3-16H2,1-2H3,(H2,21,22,23);1H. The van der Waals surface area contributed by atoms with Gasteiger partial charge < -0.3 is 25.2 Å². The zero-order valence-corrected chi connectivity index (χ0v) is 19.6. The van der Waals surface area contributed by atoms with Gasteiger partial charge in [-0.05, 0) is 45.1 Å². The lowest BCUT2D eigenvalue weighted by molar-refractivity contribution is 0.150. The number of hydrogen-bond acceptors (Lipinski definition) is 4. The molecule has 1 atom stereocenters. The van der Waals surface area contributed by atoms with Crippen LogP contribution in [0, 0.1) is 5.92 Å². The van der Waals surface area contributed by atoms with Gasteiger partial charge in [0.2, 0.25) is 0 Å². The first-order valence-electron chi connectivity index (χ1n) is 10.7. The Kier molecular flexibility index (Phi) is 10.7. The first-order valence-corrected chi connectivity index (χ1v) is 10.7. The van der Waals surface area contributed by atoms with E-state index in [0.29, 0.717) is 6.04 Å². The summed E-state index contributed by atoms with van der Waals surface area (Å²) < 4.78 is 5.51. The van der Waals surface area contributed by atoms with Crippen molar-refractivity contribution in [3.05, 3.63) is 0 Å². The summed E-state index contributed by atoms with van der Waals surface area (Å²) in [7, 11) is 4.14. The normalized spacial score (nSPS) is 25.7. The summed E-state index contributed by atoms with van der Waals surface area (Å²) in [6, 6.07) is 1.34. The minimum Gasteiger partial charge on any atom is -0.381 e. The number of ether oxygens (including phenoxy) is 1. The lowest BCUT2D eigenvalue weighted by Crippen LogP contribution is -2.50. The predicted octanol–water partition coefficient (Wildman–Crippen LogP) is 2.14. The van der Waals surface area contributed by atoms with Crippen molar-refractivity contribution in [1.29, 1.82) is 0 Å². The lowest BCUT2D eigenvalue weighted by atomic mass is 10.0. The van der Waals surface area contributed by atoms with Gasteiger partial charge in [-0.3, -0.25) is 4.99 Å². The number of rotatable bonds is 7. The molecule has 1 unspecified atom stereocenters. The second-order valence-electron chi connectivity index (χ2n) is 8.37. The van der Waals surface area contributed by atoms with Crippen LogP contribution < -0.4 is 10.6 Å². The van der Waals surface area contributed by atoms with Crippen molar-refractivity contribution in [1.82, 2.24) is 20.4 Å². The SMILES string of the molecule is CN=C(NCCN(C)C1CCCC1)NC1CCN(CC2CCOC2)CC1.I. The highest BCUT2D eigenvalue weighted by Gasteiger charge is 2.24. The van der Waals surface area contributed by atoms with Crippen LogP contribution in [0.2, 0.25) is 0 Å². The van der Waals surface area contributed by atoms with Gasteiger partial charge in [0.25, 0.3) is 0 Å². The molecule has 158 valence electrons. The Labute approximate surface area is 182 Å².